The normalized spacial score (nSPS) is 12.2. The number of H-pyrrole nitrogens is 2. The Morgan fingerprint density at radius 3 is 1.17 bits per heavy atom. The maximum Gasteiger partial charge on any atom is 0.232 e. The molecule has 0 unspecified atom stereocenters. The number of rotatable bonds is 2. The van der Waals surface area contributed by atoms with Gasteiger partial charge in [0.1, 0.15) is 46.1 Å². The van der Waals surface area contributed by atoms with Gasteiger partial charge in [0, 0.05) is 22.2 Å². The Hall–Kier alpha value is -7.08. The van der Waals surface area contributed by atoms with Gasteiger partial charge in [-0.2, -0.15) is 4.98 Å². The number of nitrogens with zero attached hydrogens (tertiary/aromatic N) is 2. The summed E-state index contributed by atoms with van der Waals surface area (Å²) in [5.41, 5.74) is -0.0171. The molecular weight excluding hydrogens is 706 g/mol. The van der Waals surface area contributed by atoms with Crippen molar-refractivity contribution in [1.82, 2.24) is 19.9 Å². The molecule has 5 aromatic heterocycles. The summed E-state index contributed by atoms with van der Waals surface area (Å²) < 4.78 is 106. The van der Waals surface area contributed by atoms with Gasteiger partial charge < -0.3 is 18.8 Å². The van der Waals surface area contributed by atoms with Crippen molar-refractivity contribution in [1.29, 1.82) is 0 Å². The van der Waals surface area contributed by atoms with Crippen molar-refractivity contribution < 1.29 is 35.2 Å². The molecule has 6 heterocycles. The Bertz CT molecular complexity index is 3010. The van der Waals surface area contributed by atoms with E-state index in [9.17, 15) is 0 Å². The summed E-state index contributed by atoms with van der Waals surface area (Å²) in [6.07, 6.45) is 2.95. The molecule has 262 valence electrons. The zero-order valence-electron chi connectivity index (χ0n) is 27.4. The number of fused-ring (bicyclic) bond motifs is 14. The smallest absolute Gasteiger partial charge is 0.232 e. The summed E-state index contributed by atoms with van der Waals surface area (Å²) in [5, 5.41) is 0.400. The first-order chi connectivity index (χ1) is 26.2. The van der Waals surface area contributed by atoms with Crippen molar-refractivity contribution in [3.8, 4) is 22.3 Å². The minimum atomic E-state index is -0.904. The zero-order chi connectivity index (χ0) is 36.8. The van der Waals surface area contributed by atoms with Crippen LogP contribution in [0.15, 0.2) is 106 Å². The summed E-state index contributed by atoms with van der Waals surface area (Å²) >= 11 is 0. The molecule has 9 aromatic rings. The van der Waals surface area contributed by atoms with Gasteiger partial charge in [0.25, 0.3) is 0 Å². The van der Waals surface area contributed by atoms with E-state index in [1.165, 1.54) is 60.7 Å². The SMILES string of the molecule is Fc1cccc(F)c1-c1c2nc(c(-c3c(F)cccc3F)c3ccc([nH]3)c3c(nc4oc5cccc(F)c5c4c4ccc1[nH]4)oc1cccc(F)c13)C=C2. The van der Waals surface area contributed by atoms with E-state index in [1.807, 2.05) is 0 Å². The van der Waals surface area contributed by atoms with E-state index in [0.29, 0.717) is 0 Å². The molecule has 0 spiro atoms. The first kappa shape index (κ1) is 31.6. The number of furan rings is 2. The Morgan fingerprint density at radius 1 is 0.370 bits per heavy atom. The largest absolute Gasteiger partial charge is 0.437 e. The van der Waals surface area contributed by atoms with Crippen molar-refractivity contribution in [2.24, 2.45) is 0 Å². The van der Waals surface area contributed by atoms with E-state index in [0.717, 1.165) is 24.3 Å². The molecule has 0 saturated heterocycles. The third-order valence-corrected chi connectivity index (χ3v) is 9.52. The van der Waals surface area contributed by atoms with E-state index >= 15 is 26.3 Å². The second-order valence-corrected chi connectivity index (χ2v) is 12.6. The van der Waals surface area contributed by atoms with Crippen LogP contribution in [-0.4, -0.2) is 19.9 Å². The molecule has 54 heavy (non-hydrogen) atoms. The van der Waals surface area contributed by atoms with E-state index < -0.39 is 46.0 Å². The number of hydrogen-bond donors (Lipinski definition) is 2. The van der Waals surface area contributed by atoms with Crippen LogP contribution in [0.5, 0.6) is 0 Å². The van der Waals surface area contributed by atoms with Gasteiger partial charge in [0.05, 0.1) is 55.1 Å². The Balaban J connectivity index is 1.50. The molecule has 1 aliphatic rings. The van der Waals surface area contributed by atoms with Crippen LogP contribution in [0, 0.1) is 34.9 Å². The number of benzene rings is 4. The maximum atomic E-state index is 15.7. The molecule has 0 fully saturated rings. The summed E-state index contributed by atoms with van der Waals surface area (Å²) in [6.45, 7) is 0. The van der Waals surface area contributed by atoms with Crippen LogP contribution < -0.4 is 0 Å². The van der Waals surface area contributed by atoms with Crippen LogP contribution >= 0.6 is 0 Å². The van der Waals surface area contributed by atoms with Crippen LogP contribution in [0.4, 0.5) is 26.3 Å². The summed E-state index contributed by atoms with van der Waals surface area (Å²) in [5.74, 6) is -4.90. The highest BCUT2D eigenvalue weighted by Crippen LogP contribution is 2.40. The van der Waals surface area contributed by atoms with Gasteiger partial charge in [-0.15, -0.1) is 0 Å². The van der Waals surface area contributed by atoms with Crippen LogP contribution in [0.2, 0.25) is 0 Å². The van der Waals surface area contributed by atoms with Gasteiger partial charge in [-0.3, -0.25) is 0 Å². The predicted octanol–water partition coefficient (Wildman–Crippen LogP) is 12.1. The lowest BCUT2D eigenvalue weighted by molar-refractivity contribution is 0.589. The number of hydrogen-bond acceptors (Lipinski definition) is 4. The maximum absolute atomic E-state index is 15.7. The fourth-order valence-corrected chi connectivity index (χ4v) is 7.23. The van der Waals surface area contributed by atoms with Gasteiger partial charge in [-0.05, 0) is 84.9 Å². The Labute approximate surface area is 298 Å². The predicted molar refractivity (Wildman–Crippen MR) is 195 cm³/mol. The molecule has 0 radical (unpaired) electrons. The van der Waals surface area contributed by atoms with Crippen molar-refractivity contribution in [2.75, 3.05) is 0 Å². The topological polar surface area (TPSA) is 83.6 Å². The molecule has 6 bridgehead atoms. The lowest BCUT2D eigenvalue weighted by Crippen LogP contribution is -1.95. The first-order valence-corrected chi connectivity index (χ1v) is 16.6. The van der Waals surface area contributed by atoms with Gasteiger partial charge in [-0.1, -0.05) is 24.3 Å². The van der Waals surface area contributed by atoms with Crippen LogP contribution in [-0.2, 0) is 0 Å². The molecule has 0 amide bonds. The van der Waals surface area contributed by atoms with E-state index in [4.69, 9.17) is 18.8 Å². The van der Waals surface area contributed by atoms with Gasteiger partial charge >= 0.3 is 0 Å². The second kappa shape index (κ2) is 11.7. The Morgan fingerprint density at radius 2 is 0.741 bits per heavy atom. The lowest BCUT2D eigenvalue weighted by atomic mass is 10.0. The second-order valence-electron chi connectivity index (χ2n) is 12.6. The Kier molecular flexibility index (Phi) is 6.87. The van der Waals surface area contributed by atoms with Crippen LogP contribution in [0.1, 0.15) is 11.4 Å². The van der Waals surface area contributed by atoms with Crippen molar-refractivity contribution in [2.45, 2.75) is 0 Å². The molecule has 10 rings (SSSR count). The molecular formula is C42H20F6N4O2. The van der Waals surface area contributed by atoms with E-state index in [2.05, 4.69) is 9.97 Å². The average molecular weight is 727 g/mol. The summed E-state index contributed by atoms with van der Waals surface area (Å²) in [7, 11) is 0. The quantitative estimate of drug-likeness (QED) is 0.174. The van der Waals surface area contributed by atoms with Crippen molar-refractivity contribution in [3.05, 3.63) is 143 Å². The molecule has 12 heteroatoms. The minimum Gasteiger partial charge on any atom is -0.437 e. The molecule has 6 nitrogen and oxygen atoms in total. The fourth-order valence-electron chi connectivity index (χ4n) is 7.23. The highest BCUT2D eigenvalue weighted by atomic mass is 19.2. The third-order valence-electron chi connectivity index (χ3n) is 9.52. The first-order valence-electron chi connectivity index (χ1n) is 16.6. The van der Waals surface area contributed by atoms with E-state index in [1.54, 1.807) is 24.3 Å². The minimum absolute atomic E-state index is 0.0301. The molecule has 4 aromatic carbocycles. The van der Waals surface area contributed by atoms with Crippen LogP contribution in [0.3, 0.4) is 0 Å². The van der Waals surface area contributed by atoms with Gasteiger partial charge in [0.2, 0.25) is 11.4 Å². The molecule has 0 saturated carbocycles. The molecule has 1 aliphatic heterocycles. The standard InChI is InChI=1S/C42H20F6N4O2/c43-19-5-1-6-20(44)33(19)37-25-13-14-26(49-25)38(34-21(45)7-2-8-22(34)46)28-16-18-30(51-28)40-36-24(48)10-4-12-32(36)54-42(40)52-41-39(29-17-15-27(37)50-29)35-23(47)9-3-11-31(35)53-41/h1-18,50-51H. The molecule has 2 N–H and O–H groups in total. The highest BCUT2D eigenvalue weighted by molar-refractivity contribution is 6.15. The number of aromatic nitrogens is 4. The summed E-state index contributed by atoms with van der Waals surface area (Å²) in [4.78, 5) is 15.8. The molecule has 0 aliphatic carbocycles. The van der Waals surface area contributed by atoms with Crippen molar-refractivity contribution in [3.63, 3.8) is 0 Å². The van der Waals surface area contributed by atoms with Gasteiger partial charge in [-0.25, -0.2) is 31.3 Å². The average Bonchev–Trinajstić information content (AvgIpc) is 3.98. The third kappa shape index (κ3) is 4.69. The lowest BCUT2D eigenvalue weighted by Gasteiger charge is -2.08. The number of aromatic amines is 2. The van der Waals surface area contributed by atoms with Crippen LogP contribution in [0.25, 0.3) is 101 Å². The van der Waals surface area contributed by atoms with Crippen molar-refractivity contribution >= 4 is 78.4 Å². The monoisotopic (exact) mass is 726 g/mol. The molecule has 0 atom stereocenters. The zero-order valence-corrected chi connectivity index (χ0v) is 27.4. The highest BCUT2D eigenvalue weighted by Gasteiger charge is 2.24. The fraction of sp³-hybridized carbons (Fsp3) is 0. The van der Waals surface area contributed by atoms with Gasteiger partial charge in [0.15, 0.2) is 0 Å². The summed E-state index contributed by atoms with van der Waals surface area (Å²) in [6, 6.07) is 21.5. The number of nitrogens with one attached hydrogen (secondary N) is 2. The van der Waals surface area contributed by atoms with E-state index in [-0.39, 0.29) is 88.7 Å². The number of halogens is 6.